The van der Waals surface area contributed by atoms with Crippen molar-refractivity contribution >= 4 is 46.6 Å². The second kappa shape index (κ2) is 8.52. The summed E-state index contributed by atoms with van der Waals surface area (Å²) in [7, 11) is 1.48. The Morgan fingerprint density at radius 1 is 1.29 bits per heavy atom. The molecular weight excluding hydrogens is 350 g/mol. The van der Waals surface area contributed by atoms with E-state index in [0.29, 0.717) is 16.5 Å². The first-order chi connectivity index (χ1) is 11.5. The molecule has 0 bridgehead atoms. The number of hydrogen-bond donors (Lipinski definition) is 1. The standard InChI is InChI=1S/C17H16ClNO4S/c1-11-3-5-13(24-11)6-8-17(21)23-10-16(20)19-14-9-12(18)4-7-15(14)22-2/h3-9H,10H2,1-2H3,(H,19,20)/b8-6+. The number of carbonyl (C=O) groups excluding carboxylic acids is 2. The van der Waals surface area contributed by atoms with Crippen molar-refractivity contribution in [2.24, 2.45) is 0 Å². The van der Waals surface area contributed by atoms with Gasteiger partial charge in [0.15, 0.2) is 6.61 Å². The van der Waals surface area contributed by atoms with Crippen LogP contribution in [-0.2, 0) is 14.3 Å². The van der Waals surface area contributed by atoms with Crippen LogP contribution in [0, 0.1) is 6.92 Å². The lowest BCUT2D eigenvalue weighted by Gasteiger charge is -2.10. The summed E-state index contributed by atoms with van der Waals surface area (Å²) in [6.45, 7) is 1.58. The molecule has 24 heavy (non-hydrogen) atoms. The molecule has 2 aromatic rings. The fourth-order valence-corrected chi connectivity index (χ4v) is 2.79. The zero-order valence-corrected chi connectivity index (χ0v) is 14.7. The van der Waals surface area contributed by atoms with E-state index >= 15 is 0 Å². The average molecular weight is 366 g/mol. The first-order valence-corrected chi connectivity index (χ1v) is 8.22. The van der Waals surface area contributed by atoms with E-state index in [1.807, 2.05) is 19.1 Å². The van der Waals surface area contributed by atoms with Crippen LogP contribution >= 0.6 is 22.9 Å². The number of thiophene rings is 1. The molecule has 1 N–H and O–H groups in total. The topological polar surface area (TPSA) is 64.6 Å². The van der Waals surface area contributed by atoms with Crippen molar-refractivity contribution in [3.63, 3.8) is 0 Å². The summed E-state index contributed by atoms with van der Waals surface area (Å²) in [5, 5.41) is 3.04. The maximum atomic E-state index is 11.9. The molecule has 0 radical (unpaired) electrons. The van der Waals surface area contributed by atoms with Crippen LogP contribution in [0.5, 0.6) is 5.75 Å². The van der Waals surface area contributed by atoms with E-state index in [1.54, 1.807) is 35.6 Å². The fourth-order valence-electron chi connectivity index (χ4n) is 1.84. The second-order valence-electron chi connectivity index (χ2n) is 4.78. The fraction of sp³-hybridized carbons (Fsp3) is 0.176. The van der Waals surface area contributed by atoms with E-state index in [-0.39, 0.29) is 0 Å². The molecule has 0 saturated heterocycles. The Kier molecular flexibility index (Phi) is 6.40. The Morgan fingerprint density at radius 3 is 2.75 bits per heavy atom. The Balaban J connectivity index is 1.85. The summed E-state index contributed by atoms with van der Waals surface area (Å²) in [6, 6.07) is 8.70. The van der Waals surface area contributed by atoms with Gasteiger partial charge in [-0.15, -0.1) is 11.3 Å². The maximum Gasteiger partial charge on any atom is 0.331 e. The molecule has 5 nitrogen and oxygen atoms in total. The van der Waals surface area contributed by atoms with Gasteiger partial charge in [-0.1, -0.05) is 11.6 Å². The Bertz CT molecular complexity index is 770. The zero-order chi connectivity index (χ0) is 17.5. The van der Waals surface area contributed by atoms with Gasteiger partial charge in [0.25, 0.3) is 5.91 Å². The first kappa shape index (κ1) is 18.0. The van der Waals surface area contributed by atoms with Crippen molar-refractivity contribution in [2.45, 2.75) is 6.92 Å². The Labute approximate surface area is 148 Å². The Hall–Kier alpha value is -2.31. The quantitative estimate of drug-likeness (QED) is 0.622. The highest BCUT2D eigenvalue weighted by atomic mass is 35.5. The number of hydrogen-bond acceptors (Lipinski definition) is 5. The minimum atomic E-state index is -0.589. The number of nitrogens with one attached hydrogen (secondary N) is 1. The maximum absolute atomic E-state index is 11.9. The number of methoxy groups -OCH3 is 1. The molecule has 0 saturated carbocycles. The van der Waals surface area contributed by atoms with Crippen molar-refractivity contribution in [2.75, 3.05) is 19.0 Å². The molecular formula is C17H16ClNO4S. The number of rotatable bonds is 6. The minimum Gasteiger partial charge on any atom is -0.495 e. The predicted molar refractivity (Wildman–Crippen MR) is 95.7 cm³/mol. The Morgan fingerprint density at radius 2 is 2.08 bits per heavy atom. The van der Waals surface area contributed by atoms with Gasteiger partial charge in [-0.25, -0.2) is 4.79 Å². The molecule has 126 valence electrons. The zero-order valence-electron chi connectivity index (χ0n) is 13.2. The molecule has 0 unspecified atom stereocenters. The molecule has 0 atom stereocenters. The monoisotopic (exact) mass is 365 g/mol. The van der Waals surface area contributed by atoms with Gasteiger partial charge < -0.3 is 14.8 Å². The summed E-state index contributed by atoms with van der Waals surface area (Å²) in [5.41, 5.74) is 0.413. The largest absolute Gasteiger partial charge is 0.495 e. The van der Waals surface area contributed by atoms with Crippen LogP contribution in [0.1, 0.15) is 9.75 Å². The minimum absolute atomic E-state index is 0.400. The van der Waals surface area contributed by atoms with Crippen molar-refractivity contribution in [1.29, 1.82) is 0 Å². The van der Waals surface area contributed by atoms with Crippen LogP contribution < -0.4 is 10.1 Å². The first-order valence-electron chi connectivity index (χ1n) is 7.02. The van der Waals surface area contributed by atoms with Crippen LogP contribution in [0.15, 0.2) is 36.4 Å². The normalized spacial score (nSPS) is 10.6. The molecule has 1 aromatic carbocycles. The van der Waals surface area contributed by atoms with Gasteiger partial charge in [-0.3, -0.25) is 4.79 Å². The second-order valence-corrected chi connectivity index (χ2v) is 6.54. The summed E-state index contributed by atoms with van der Waals surface area (Å²) in [4.78, 5) is 25.6. The number of halogens is 1. The molecule has 0 spiro atoms. The number of benzene rings is 1. The highest BCUT2D eigenvalue weighted by Crippen LogP contribution is 2.27. The van der Waals surface area contributed by atoms with Crippen molar-refractivity contribution < 1.29 is 19.1 Å². The van der Waals surface area contributed by atoms with Crippen LogP contribution in [0.3, 0.4) is 0 Å². The summed E-state index contributed by atoms with van der Waals surface area (Å²) >= 11 is 7.45. The van der Waals surface area contributed by atoms with Gasteiger partial charge in [0.2, 0.25) is 0 Å². The van der Waals surface area contributed by atoms with Crippen LogP contribution in [0.25, 0.3) is 6.08 Å². The lowest BCUT2D eigenvalue weighted by atomic mass is 10.3. The van der Waals surface area contributed by atoms with Gasteiger partial charge in [0.1, 0.15) is 5.75 Å². The van der Waals surface area contributed by atoms with E-state index in [4.69, 9.17) is 21.1 Å². The smallest absolute Gasteiger partial charge is 0.331 e. The highest BCUT2D eigenvalue weighted by molar-refractivity contribution is 7.12. The van der Waals surface area contributed by atoms with E-state index in [0.717, 1.165) is 9.75 Å². The summed E-state index contributed by atoms with van der Waals surface area (Å²) in [5.74, 6) is -0.606. The third-order valence-corrected chi connectivity index (χ3v) is 4.13. The van der Waals surface area contributed by atoms with E-state index in [2.05, 4.69) is 5.32 Å². The predicted octanol–water partition coefficient (Wildman–Crippen LogP) is 3.91. The SMILES string of the molecule is COc1ccc(Cl)cc1NC(=O)COC(=O)/C=C/c1ccc(C)s1. The third-order valence-electron chi connectivity index (χ3n) is 2.93. The highest BCUT2D eigenvalue weighted by Gasteiger charge is 2.10. The average Bonchev–Trinajstić information content (AvgIpc) is 2.97. The lowest BCUT2D eigenvalue weighted by molar-refractivity contribution is -0.142. The van der Waals surface area contributed by atoms with E-state index in [9.17, 15) is 9.59 Å². The molecule has 1 amide bonds. The van der Waals surface area contributed by atoms with Crippen molar-refractivity contribution in [3.05, 3.63) is 51.2 Å². The van der Waals surface area contributed by atoms with E-state index in [1.165, 1.54) is 13.2 Å². The molecule has 0 aliphatic rings. The van der Waals surface area contributed by atoms with Gasteiger partial charge in [-0.05, 0) is 43.3 Å². The lowest BCUT2D eigenvalue weighted by Crippen LogP contribution is -2.20. The van der Waals surface area contributed by atoms with Gasteiger partial charge in [-0.2, -0.15) is 0 Å². The number of carbonyl (C=O) groups is 2. The van der Waals surface area contributed by atoms with E-state index < -0.39 is 18.5 Å². The molecule has 0 aliphatic heterocycles. The molecule has 1 aromatic heterocycles. The molecule has 1 heterocycles. The third kappa shape index (κ3) is 5.40. The molecule has 7 heteroatoms. The number of aryl methyl sites for hydroxylation is 1. The summed E-state index contributed by atoms with van der Waals surface area (Å²) in [6.07, 6.45) is 2.94. The number of ether oxygens (including phenoxy) is 2. The van der Waals surface area contributed by atoms with Gasteiger partial charge in [0.05, 0.1) is 12.8 Å². The number of amides is 1. The summed E-state index contributed by atoms with van der Waals surface area (Å²) < 4.78 is 10.0. The number of esters is 1. The van der Waals surface area contributed by atoms with Crippen molar-refractivity contribution in [1.82, 2.24) is 0 Å². The molecule has 2 rings (SSSR count). The van der Waals surface area contributed by atoms with Gasteiger partial charge in [0, 0.05) is 20.9 Å². The number of anilines is 1. The van der Waals surface area contributed by atoms with Crippen LogP contribution in [-0.4, -0.2) is 25.6 Å². The molecule has 0 fully saturated rings. The van der Waals surface area contributed by atoms with Crippen molar-refractivity contribution in [3.8, 4) is 5.75 Å². The molecule has 0 aliphatic carbocycles. The van der Waals surface area contributed by atoms with Gasteiger partial charge >= 0.3 is 5.97 Å². The van der Waals surface area contributed by atoms with Crippen LogP contribution in [0.4, 0.5) is 5.69 Å². The van der Waals surface area contributed by atoms with Crippen LogP contribution in [0.2, 0.25) is 5.02 Å².